The fourth-order valence-corrected chi connectivity index (χ4v) is 3.29. The van der Waals surface area contributed by atoms with Crippen molar-refractivity contribution >= 4 is 16.8 Å². The molecular weight excluding hydrogens is 322 g/mol. The van der Waals surface area contributed by atoms with E-state index in [4.69, 9.17) is 0 Å². The monoisotopic (exact) mass is 355 g/mol. The van der Waals surface area contributed by atoms with Crippen LogP contribution >= 0.6 is 0 Å². The van der Waals surface area contributed by atoms with Gasteiger partial charge in [0.05, 0.1) is 5.52 Å². The summed E-state index contributed by atoms with van der Waals surface area (Å²) in [6, 6.07) is 10.5. The Balaban J connectivity index is 1.83. The number of rotatable bonds is 9. The Morgan fingerprint density at radius 3 is 2.62 bits per heavy atom. The van der Waals surface area contributed by atoms with E-state index in [2.05, 4.69) is 62.0 Å². The first-order valence-corrected chi connectivity index (χ1v) is 9.66. The van der Waals surface area contributed by atoms with Crippen LogP contribution in [-0.2, 0) is 11.3 Å². The molecule has 0 bridgehead atoms. The van der Waals surface area contributed by atoms with Crippen LogP contribution in [-0.4, -0.2) is 47.9 Å². The standard InChI is InChI=1S/C22H33N3O/c1-6-19(17(2)3)15-22(26)25(5)13-12-24(4)16-18-9-10-21-20(14-18)8-7-11-23-21/h7-11,14,17,19H,6,12-13,15-16H2,1-5H3. The molecule has 0 fully saturated rings. The zero-order valence-electron chi connectivity index (χ0n) is 16.9. The van der Waals surface area contributed by atoms with Gasteiger partial charge in [-0.05, 0) is 42.6 Å². The molecule has 1 unspecified atom stereocenters. The fraction of sp³-hybridized carbons (Fsp3) is 0.545. The average Bonchev–Trinajstić information content (AvgIpc) is 2.63. The Morgan fingerprint density at radius 2 is 1.92 bits per heavy atom. The number of fused-ring (bicyclic) bond motifs is 1. The van der Waals surface area contributed by atoms with Gasteiger partial charge >= 0.3 is 0 Å². The summed E-state index contributed by atoms with van der Waals surface area (Å²) < 4.78 is 0. The molecule has 1 heterocycles. The number of hydrogen-bond donors (Lipinski definition) is 0. The van der Waals surface area contributed by atoms with E-state index in [1.807, 2.05) is 24.2 Å². The SMILES string of the molecule is CCC(CC(=O)N(C)CCN(C)Cc1ccc2ncccc2c1)C(C)C. The zero-order valence-corrected chi connectivity index (χ0v) is 16.9. The molecule has 0 saturated heterocycles. The lowest BCUT2D eigenvalue weighted by Gasteiger charge is -2.25. The van der Waals surface area contributed by atoms with Crippen LogP contribution in [0.15, 0.2) is 36.5 Å². The van der Waals surface area contributed by atoms with Gasteiger partial charge in [-0.3, -0.25) is 9.78 Å². The lowest BCUT2D eigenvalue weighted by Crippen LogP contribution is -2.35. The zero-order chi connectivity index (χ0) is 19.1. The normalized spacial score (nSPS) is 12.7. The maximum atomic E-state index is 12.4. The third-order valence-electron chi connectivity index (χ3n) is 5.27. The smallest absolute Gasteiger partial charge is 0.222 e. The predicted molar refractivity (Wildman–Crippen MR) is 109 cm³/mol. The molecule has 0 spiro atoms. The number of aromatic nitrogens is 1. The molecule has 4 heteroatoms. The molecular formula is C22H33N3O. The fourth-order valence-electron chi connectivity index (χ4n) is 3.29. The van der Waals surface area contributed by atoms with Crippen LogP contribution in [0.25, 0.3) is 10.9 Å². The lowest BCUT2D eigenvalue weighted by atomic mass is 9.90. The van der Waals surface area contributed by atoms with Crippen molar-refractivity contribution in [3.05, 3.63) is 42.1 Å². The van der Waals surface area contributed by atoms with Gasteiger partial charge in [0.2, 0.25) is 5.91 Å². The maximum Gasteiger partial charge on any atom is 0.222 e. The quantitative estimate of drug-likeness (QED) is 0.676. The largest absolute Gasteiger partial charge is 0.344 e. The summed E-state index contributed by atoms with van der Waals surface area (Å²) in [5.74, 6) is 1.30. The summed E-state index contributed by atoms with van der Waals surface area (Å²) in [6.45, 7) is 9.08. The van der Waals surface area contributed by atoms with Crippen LogP contribution in [0.4, 0.5) is 0 Å². The number of likely N-dealkylation sites (N-methyl/N-ethyl adjacent to an activating group) is 2. The summed E-state index contributed by atoms with van der Waals surface area (Å²) in [4.78, 5) is 20.9. The second-order valence-corrected chi connectivity index (χ2v) is 7.70. The highest BCUT2D eigenvalue weighted by Crippen LogP contribution is 2.19. The minimum atomic E-state index is 0.260. The van der Waals surface area contributed by atoms with E-state index < -0.39 is 0 Å². The van der Waals surface area contributed by atoms with Gasteiger partial charge in [-0.15, -0.1) is 0 Å². The van der Waals surface area contributed by atoms with E-state index in [9.17, 15) is 4.79 Å². The molecule has 2 rings (SSSR count). The number of benzene rings is 1. The predicted octanol–water partition coefficient (Wildman–Crippen LogP) is 4.20. The first-order chi connectivity index (χ1) is 12.4. The van der Waals surface area contributed by atoms with Crippen molar-refractivity contribution < 1.29 is 4.79 Å². The first-order valence-electron chi connectivity index (χ1n) is 9.66. The molecule has 0 saturated carbocycles. The highest BCUT2D eigenvalue weighted by Gasteiger charge is 2.18. The minimum absolute atomic E-state index is 0.260. The molecule has 1 aromatic carbocycles. The van der Waals surface area contributed by atoms with Gasteiger partial charge in [0.25, 0.3) is 0 Å². The Hall–Kier alpha value is -1.94. The number of amides is 1. The molecule has 1 atom stereocenters. The van der Waals surface area contributed by atoms with Gasteiger partial charge < -0.3 is 9.80 Å². The third kappa shape index (κ3) is 5.80. The maximum absolute atomic E-state index is 12.4. The second-order valence-electron chi connectivity index (χ2n) is 7.70. The van der Waals surface area contributed by atoms with Crippen molar-refractivity contribution in [2.45, 2.75) is 40.2 Å². The summed E-state index contributed by atoms with van der Waals surface area (Å²) in [5.41, 5.74) is 2.30. The van der Waals surface area contributed by atoms with Crippen molar-refractivity contribution in [2.24, 2.45) is 11.8 Å². The number of hydrogen-bond acceptors (Lipinski definition) is 3. The third-order valence-corrected chi connectivity index (χ3v) is 5.27. The summed E-state index contributed by atoms with van der Waals surface area (Å²) in [7, 11) is 4.03. The van der Waals surface area contributed by atoms with E-state index in [0.717, 1.165) is 31.6 Å². The molecule has 1 aromatic heterocycles. The van der Waals surface area contributed by atoms with Crippen molar-refractivity contribution in [3.8, 4) is 0 Å². The van der Waals surface area contributed by atoms with Crippen LogP contribution in [0.2, 0.25) is 0 Å². The average molecular weight is 356 g/mol. The number of nitrogens with zero attached hydrogens (tertiary/aromatic N) is 3. The van der Waals surface area contributed by atoms with Gasteiger partial charge in [0, 0.05) is 44.7 Å². The van der Waals surface area contributed by atoms with Crippen molar-refractivity contribution in [2.75, 3.05) is 27.2 Å². The lowest BCUT2D eigenvalue weighted by molar-refractivity contribution is -0.131. The van der Waals surface area contributed by atoms with E-state index in [-0.39, 0.29) is 5.91 Å². The topological polar surface area (TPSA) is 36.4 Å². The van der Waals surface area contributed by atoms with Crippen LogP contribution < -0.4 is 0 Å². The van der Waals surface area contributed by atoms with Crippen molar-refractivity contribution in [3.63, 3.8) is 0 Å². The Labute approximate surface area is 158 Å². The molecule has 0 radical (unpaired) electrons. The highest BCUT2D eigenvalue weighted by molar-refractivity contribution is 5.78. The minimum Gasteiger partial charge on any atom is -0.344 e. The van der Waals surface area contributed by atoms with Crippen LogP contribution in [0.5, 0.6) is 0 Å². The Kier molecular flexibility index (Phi) is 7.58. The summed E-state index contributed by atoms with van der Waals surface area (Å²) in [6.07, 6.45) is 3.55. The molecule has 142 valence electrons. The molecule has 0 N–H and O–H groups in total. The van der Waals surface area contributed by atoms with Crippen molar-refractivity contribution in [1.29, 1.82) is 0 Å². The van der Waals surface area contributed by atoms with E-state index in [1.165, 1.54) is 10.9 Å². The molecule has 4 nitrogen and oxygen atoms in total. The molecule has 0 aliphatic rings. The van der Waals surface area contributed by atoms with Gasteiger partial charge in [-0.1, -0.05) is 39.3 Å². The van der Waals surface area contributed by atoms with Gasteiger partial charge in [-0.2, -0.15) is 0 Å². The second kappa shape index (κ2) is 9.67. The van der Waals surface area contributed by atoms with E-state index in [0.29, 0.717) is 18.3 Å². The molecule has 0 aliphatic heterocycles. The highest BCUT2D eigenvalue weighted by atomic mass is 16.2. The van der Waals surface area contributed by atoms with Gasteiger partial charge in [0.1, 0.15) is 0 Å². The molecule has 2 aromatic rings. The number of carbonyl (C=O) groups is 1. The van der Waals surface area contributed by atoms with E-state index >= 15 is 0 Å². The van der Waals surface area contributed by atoms with Crippen molar-refractivity contribution in [1.82, 2.24) is 14.8 Å². The van der Waals surface area contributed by atoms with Crippen LogP contribution in [0.1, 0.15) is 39.2 Å². The van der Waals surface area contributed by atoms with Gasteiger partial charge in [-0.25, -0.2) is 0 Å². The molecule has 26 heavy (non-hydrogen) atoms. The summed E-state index contributed by atoms with van der Waals surface area (Å²) in [5, 5.41) is 1.17. The molecule has 0 aliphatic carbocycles. The van der Waals surface area contributed by atoms with E-state index in [1.54, 1.807) is 0 Å². The van der Waals surface area contributed by atoms with Crippen LogP contribution in [0.3, 0.4) is 0 Å². The first kappa shape index (κ1) is 20.4. The Morgan fingerprint density at radius 1 is 1.15 bits per heavy atom. The Bertz CT molecular complexity index is 713. The van der Waals surface area contributed by atoms with Gasteiger partial charge in [0.15, 0.2) is 0 Å². The number of carbonyl (C=O) groups excluding carboxylic acids is 1. The summed E-state index contributed by atoms with van der Waals surface area (Å²) >= 11 is 0. The number of pyridine rings is 1. The van der Waals surface area contributed by atoms with Crippen LogP contribution in [0, 0.1) is 11.8 Å². The molecule has 1 amide bonds.